The van der Waals surface area contributed by atoms with Crippen LogP contribution in [0.3, 0.4) is 0 Å². The predicted molar refractivity (Wildman–Crippen MR) is 51.7 cm³/mol. The maximum Gasteiger partial charge on any atom is 0.181 e. The van der Waals surface area contributed by atoms with E-state index in [1.54, 1.807) is 0 Å². The molecule has 0 aromatic heterocycles. The van der Waals surface area contributed by atoms with E-state index >= 15 is 0 Å². The molecule has 1 atom stereocenters. The molecule has 0 radical (unpaired) electrons. The summed E-state index contributed by atoms with van der Waals surface area (Å²) in [4.78, 5) is 0. The normalized spacial score (nSPS) is 12.9. The molecule has 0 bridgehead atoms. The van der Waals surface area contributed by atoms with E-state index < -0.39 is 28.5 Å². The second-order valence-corrected chi connectivity index (χ2v) is 3.40. The van der Waals surface area contributed by atoms with Crippen molar-refractivity contribution in [2.45, 2.75) is 12.5 Å². The van der Waals surface area contributed by atoms with Gasteiger partial charge in [-0.2, -0.15) is 0 Å². The van der Waals surface area contributed by atoms with Crippen LogP contribution in [-0.2, 0) is 0 Å². The van der Waals surface area contributed by atoms with Gasteiger partial charge >= 0.3 is 0 Å². The van der Waals surface area contributed by atoms with Gasteiger partial charge in [-0.3, -0.25) is 0 Å². The number of aromatic hydroxyl groups is 1. The van der Waals surface area contributed by atoms with E-state index in [9.17, 15) is 19.0 Å². The fraction of sp³-hybridized carbons (Fsp3) is 0.333. The van der Waals surface area contributed by atoms with Gasteiger partial charge in [0.25, 0.3) is 0 Å². The lowest BCUT2D eigenvalue weighted by Gasteiger charge is -2.13. The zero-order valence-electron chi connectivity index (χ0n) is 7.67. The summed E-state index contributed by atoms with van der Waals surface area (Å²) >= 11 is 5.32. The Bertz CT molecular complexity index is 374. The third kappa shape index (κ3) is 2.37. The topological polar surface area (TPSA) is 66.5 Å². The molecule has 1 aromatic carbocycles. The zero-order valence-corrected chi connectivity index (χ0v) is 8.43. The molecule has 6 heteroatoms. The van der Waals surface area contributed by atoms with E-state index in [2.05, 4.69) is 0 Å². The van der Waals surface area contributed by atoms with Crippen LogP contribution in [0.25, 0.3) is 0 Å². The van der Waals surface area contributed by atoms with Crippen molar-refractivity contribution in [3.63, 3.8) is 0 Å². The number of aliphatic hydroxyl groups excluding tert-OH is 1. The number of hydrogen-bond acceptors (Lipinski definition) is 3. The third-order valence-corrected chi connectivity index (χ3v) is 2.31. The summed E-state index contributed by atoms with van der Waals surface area (Å²) < 4.78 is 25.8. The van der Waals surface area contributed by atoms with Crippen molar-refractivity contribution < 1.29 is 19.0 Å². The van der Waals surface area contributed by atoms with Crippen molar-refractivity contribution in [1.82, 2.24) is 0 Å². The lowest BCUT2D eigenvalue weighted by atomic mass is 10.1. The first-order valence-electron chi connectivity index (χ1n) is 4.23. The van der Waals surface area contributed by atoms with E-state index in [-0.39, 0.29) is 18.5 Å². The Balaban J connectivity index is 3.19. The van der Waals surface area contributed by atoms with Gasteiger partial charge in [0.1, 0.15) is 10.8 Å². The van der Waals surface area contributed by atoms with Crippen molar-refractivity contribution in [3.05, 3.63) is 28.3 Å². The van der Waals surface area contributed by atoms with Crippen LogP contribution in [0.5, 0.6) is 5.75 Å². The zero-order chi connectivity index (χ0) is 11.6. The fourth-order valence-corrected chi connectivity index (χ4v) is 1.37. The van der Waals surface area contributed by atoms with Crippen LogP contribution in [0.2, 0.25) is 5.02 Å². The summed E-state index contributed by atoms with van der Waals surface area (Å²) in [6, 6.07) is 0.705. The maximum atomic E-state index is 12.9. The number of benzene rings is 1. The Labute approximate surface area is 90.1 Å². The number of phenolic OH excluding ortho intramolecular Hbond substituents is 1. The van der Waals surface area contributed by atoms with Crippen LogP contribution in [0.4, 0.5) is 8.78 Å². The molecule has 3 nitrogen and oxygen atoms in total. The van der Waals surface area contributed by atoms with Gasteiger partial charge in [-0.05, 0) is 19.0 Å². The van der Waals surface area contributed by atoms with Gasteiger partial charge in [0, 0.05) is 5.56 Å². The molecular formula is C9H10ClF2NO2. The van der Waals surface area contributed by atoms with E-state index in [4.69, 9.17) is 17.3 Å². The van der Waals surface area contributed by atoms with Crippen molar-refractivity contribution >= 4 is 11.6 Å². The minimum Gasteiger partial charge on any atom is -0.506 e. The van der Waals surface area contributed by atoms with Crippen molar-refractivity contribution in [2.75, 3.05) is 6.54 Å². The molecule has 0 aliphatic heterocycles. The van der Waals surface area contributed by atoms with Crippen molar-refractivity contribution in [2.24, 2.45) is 5.73 Å². The van der Waals surface area contributed by atoms with E-state index in [1.165, 1.54) is 0 Å². The molecular weight excluding hydrogens is 228 g/mol. The molecule has 0 aliphatic rings. The van der Waals surface area contributed by atoms with Gasteiger partial charge in [0.05, 0.1) is 6.10 Å². The SMILES string of the molecule is NCCC(O)c1cc(F)c(F)c(Cl)c1O. The van der Waals surface area contributed by atoms with Crippen LogP contribution >= 0.6 is 11.6 Å². The Hall–Kier alpha value is -0.910. The highest BCUT2D eigenvalue weighted by atomic mass is 35.5. The lowest BCUT2D eigenvalue weighted by molar-refractivity contribution is 0.166. The Kier molecular flexibility index (Phi) is 3.84. The first-order valence-corrected chi connectivity index (χ1v) is 4.61. The molecule has 0 spiro atoms. The lowest BCUT2D eigenvalue weighted by Crippen LogP contribution is -2.08. The maximum absolute atomic E-state index is 12.9. The van der Waals surface area contributed by atoms with Crippen molar-refractivity contribution in [1.29, 1.82) is 0 Å². The minimum absolute atomic E-state index is 0.120. The Morgan fingerprint density at radius 2 is 2.07 bits per heavy atom. The fourth-order valence-electron chi connectivity index (χ4n) is 1.17. The highest BCUT2D eigenvalue weighted by molar-refractivity contribution is 6.32. The second-order valence-electron chi connectivity index (χ2n) is 3.02. The highest BCUT2D eigenvalue weighted by Gasteiger charge is 2.20. The van der Waals surface area contributed by atoms with Gasteiger partial charge in [0.2, 0.25) is 0 Å². The van der Waals surface area contributed by atoms with E-state index in [0.717, 1.165) is 0 Å². The second kappa shape index (κ2) is 4.74. The van der Waals surface area contributed by atoms with Gasteiger partial charge in [-0.25, -0.2) is 8.78 Å². The number of halogens is 3. The van der Waals surface area contributed by atoms with E-state index in [0.29, 0.717) is 6.07 Å². The summed E-state index contributed by atoms with van der Waals surface area (Å²) in [6.07, 6.45) is -1.04. The summed E-state index contributed by atoms with van der Waals surface area (Å²) in [5, 5.41) is 18.1. The molecule has 1 rings (SSSR count). The molecule has 0 saturated carbocycles. The molecule has 1 unspecified atom stereocenters. The first kappa shape index (κ1) is 12.2. The minimum atomic E-state index is -1.34. The molecule has 0 aliphatic carbocycles. The number of nitrogens with two attached hydrogens (primary N) is 1. The summed E-state index contributed by atoms with van der Waals surface area (Å²) in [5.41, 5.74) is 5.02. The molecule has 0 heterocycles. The molecule has 84 valence electrons. The van der Waals surface area contributed by atoms with Crippen LogP contribution in [0.1, 0.15) is 18.1 Å². The average Bonchev–Trinajstić information content (AvgIpc) is 2.20. The number of rotatable bonds is 3. The standard InChI is InChI=1S/C9H10ClF2NO2/c10-7-8(12)5(11)3-4(9(7)15)6(14)1-2-13/h3,6,14-15H,1-2,13H2. The van der Waals surface area contributed by atoms with Gasteiger partial charge in [0.15, 0.2) is 11.6 Å². The van der Waals surface area contributed by atoms with Crippen molar-refractivity contribution in [3.8, 4) is 5.75 Å². The highest BCUT2D eigenvalue weighted by Crippen LogP contribution is 2.36. The van der Waals surface area contributed by atoms with Crippen LogP contribution < -0.4 is 5.73 Å². The smallest absolute Gasteiger partial charge is 0.181 e. The number of hydrogen-bond donors (Lipinski definition) is 3. The Morgan fingerprint density at radius 3 is 2.60 bits per heavy atom. The van der Waals surface area contributed by atoms with Gasteiger partial charge < -0.3 is 15.9 Å². The van der Waals surface area contributed by atoms with Crippen LogP contribution in [0.15, 0.2) is 6.07 Å². The molecule has 0 saturated heterocycles. The summed E-state index contributed by atoms with van der Waals surface area (Å²) in [7, 11) is 0. The molecule has 0 fully saturated rings. The number of aliphatic hydroxyl groups is 1. The van der Waals surface area contributed by atoms with Gasteiger partial charge in [-0.1, -0.05) is 11.6 Å². The number of phenols is 1. The van der Waals surface area contributed by atoms with E-state index in [1.807, 2.05) is 0 Å². The predicted octanol–water partition coefficient (Wildman–Crippen LogP) is 1.71. The average molecular weight is 238 g/mol. The molecule has 0 amide bonds. The quantitative estimate of drug-likeness (QED) is 0.701. The van der Waals surface area contributed by atoms with Crippen LogP contribution in [0, 0.1) is 11.6 Å². The first-order chi connectivity index (χ1) is 6.99. The van der Waals surface area contributed by atoms with Crippen LogP contribution in [-0.4, -0.2) is 16.8 Å². The largest absolute Gasteiger partial charge is 0.506 e. The molecule has 4 N–H and O–H groups in total. The summed E-state index contributed by atoms with van der Waals surface area (Å²) in [5.74, 6) is -3.21. The third-order valence-electron chi connectivity index (χ3n) is 1.97. The Morgan fingerprint density at radius 1 is 1.47 bits per heavy atom. The molecule has 1 aromatic rings. The molecule has 15 heavy (non-hydrogen) atoms. The summed E-state index contributed by atoms with van der Waals surface area (Å²) in [6.45, 7) is 0.150. The van der Waals surface area contributed by atoms with Gasteiger partial charge in [-0.15, -0.1) is 0 Å². The monoisotopic (exact) mass is 237 g/mol.